The van der Waals surface area contributed by atoms with Crippen LogP contribution in [-0.2, 0) is 9.53 Å². The predicted octanol–water partition coefficient (Wildman–Crippen LogP) is 0.888. The van der Waals surface area contributed by atoms with E-state index in [-0.39, 0.29) is 24.3 Å². The molecule has 1 aromatic heterocycles. The number of benzene rings is 1. The van der Waals surface area contributed by atoms with E-state index >= 15 is 0 Å². The van der Waals surface area contributed by atoms with Gasteiger partial charge in [-0.15, -0.1) is 5.10 Å². The zero-order valence-corrected chi connectivity index (χ0v) is 12.2. The van der Waals surface area contributed by atoms with E-state index in [9.17, 15) is 23.1 Å². The third-order valence-corrected chi connectivity index (χ3v) is 3.85. The van der Waals surface area contributed by atoms with Crippen LogP contribution in [0.1, 0.15) is 18.9 Å². The maximum atomic E-state index is 13.3. The molecule has 1 aromatic carbocycles. The van der Waals surface area contributed by atoms with Gasteiger partial charge < -0.3 is 15.6 Å². The van der Waals surface area contributed by atoms with Gasteiger partial charge in [-0.1, -0.05) is 5.21 Å². The molecule has 0 spiro atoms. The Hall–Kier alpha value is -2.46. The van der Waals surface area contributed by atoms with Crippen molar-refractivity contribution in [2.24, 2.45) is 5.73 Å². The lowest BCUT2D eigenvalue weighted by atomic mass is 10.00. The molecule has 0 radical (unpaired) electrons. The van der Waals surface area contributed by atoms with Crippen molar-refractivity contribution in [3.63, 3.8) is 0 Å². The maximum absolute atomic E-state index is 13.3. The number of aliphatic hydroxyl groups is 1. The summed E-state index contributed by atoms with van der Waals surface area (Å²) in [6.45, 7) is 0.0686. The fraction of sp³-hybridized carbons (Fsp3) is 0.357. The number of ether oxygens (including phenoxy) is 1. The Bertz CT molecular complexity index is 774. The molecule has 3 N–H and O–H groups in total. The maximum Gasteiger partial charge on any atom is 0.277 e. The van der Waals surface area contributed by atoms with E-state index in [1.54, 1.807) is 0 Å². The molecule has 1 aliphatic rings. The van der Waals surface area contributed by atoms with E-state index in [1.165, 1.54) is 10.9 Å². The summed E-state index contributed by atoms with van der Waals surface area (Å²) in [4.78, 5) is 11.3. The Labute approximate surface area is 133 Å². The first-order valence-electron chi connectivity index (χ1n) is 7.03. The van der Waals surface area contributed by atoms with Crippen LogP contribution in [0.5, 0.6) is 0 Å². The van der Waals surface area contributed by atoms with Crippen LogP contribution in [0, 0.1) is 17.5 Å². The number of halogens is 3. The van der Waals surface area contributed by atoms with Crippen molar-refractivity contribution in [2.45, 2.75) is 24.7 Å². The van der Waals surface area contributed by atoms with Crippen molar-refractivity contribution in [1.82, 2.24) is 15.0 Å². The number of carbonyl (C=O) groups excluding carboxylic acids is 1. The van der Waals surface area contributed by atoms with Gasteiger partial charge in [-0.05, 0) is 18.6 Å². The van der Waals surface area contributed by atoms with Gasteiger partial charge >= 0.3 is 0 Å². The molecule has 2 aromatic rings. The second-order valence-corrected chi connectivity index (χ2v) is 5.48. The van der Waals surface area contributed by atoms with Gasteiger partial charge in [0.15, 0.2) is 17.5 Å². The highest BCUT2D eigenvalue weighted by Gasteiger charge is 2.42. The average molecular weight is 342 g/mol. The second kappa shape index (κ2) is 5.87. The highest BCUT2D eigenvalue weighted by molar-refractivity contribution is 5.81. The van der Waals surface area contributed by atoms with Crippen LogP contribution in [0.4, 0.5) is 13.2 Å². The molecule has 0 aliphatic carbocycles. The minimum absolute atomic E-state index is 0.00914. The molecule has 2 unspecified atom stereocenters. The van der Waals surface area contributed by atoms with E-state index in [2.05, 4.69) is 10.3 Å². The summed E-state index contributed by atoms with van der Waals surface area (Å²) in [7, 11) is 0. The SMILES string of the molecule is NC(=O)C1(O)CC(n2cc(-c3cc(F)c(F)c(F)c3)nn2)CCO1. The Kier molecular flexibility index (Phi) is 4.01. The van der Waals surface area contributed by atoms with Crippen LogP contribution in [0.15, 0.2) is 18.3 Å². The van der Waals surface area contributed by atoms with Crippen molar-refractivity contribution in [3.8, 4) is 11.3 Å². The molecule has 10 heteroatoms. The van der Waals surface area contributed by atoms with Crippen molar-refractivity contribution >= 4 is 5.91 Å². The number of primary amides is 1. The predicted molar refractivity (Wildman–Crippen MR) is 73.7 cm³/mol. The normalized spacial score (nSPS) is 24.1. The van der Waals surface area contributed by atoms with Gasteiger partial charge in [-0.2, -0.15) is 0 Å². The van der Waals surface area contributed by atoms with E-state index < -0.39 is 35.2 Å². The summed E-state index contributed by atoms with van der Waals surface area (Å²) >= 11 is 0. The molecule has 128 valence electrons. The molecule has 2 heterocycles. The first-order valence-corrected chi connectivity index (χ1v) is 7.03. The number of hydrogen-bond donors (Lipinski definition) is 2. The highest BCUT2D eigenvalue weighted by Crippen LogP contribution is 2.31. The number of rotatable bonds is 3. The average Bonchev–Trinajstić information content (AvgIpc) is 3.02. The fourth-order valence-electron chi connectivity index (χ4n) is 2.53. The molecular weight excluding hydrogens is 329 g/mol. The molecular formula is C14H13F3N4O3. The first kappa shape index (κ1) is 16.4. The van der Waals surface area contributed by atoms with E-state index in [0.29, 0.717) is 6.42 Å². The van der Waals surface area contributed by atoms with Gasteiger partial charge in [-0.25, -0.2) is 17.9 Å². The lowest BCUT2D eigenvalue weighted by molar-refractivity contribution is -0.226. The van der Waals surface area contributed by atoms with Crippen LogP contribution in [0.3, 0.4) is 0 Å². The number of hydrogen-bond acceptors (Lipinski definition) is 5. The second-order valence-electron chi connectivity index (χ2n) is 5.48. The minimum Gasteiger partial charge on any atom is -0.365 e. The number of aromatic nitrogens is 3. The number of nitrogens with zero attached hydrogens (tertiary/aromatic N) is 3. The molecule has 0 saturated carbocycles. The standard InChI is InChI=1S/C14H13F3N4O3/c15-9-3-7(4-10(16)12(9)17)11-6-21(20-19-11)8-1-2-24-14(23,5-8)13(18)22/h3-4,6,8,23H,1-2,5H2,(H2,18,22). The fourth-order valence-corrected chi connectivity index (χ4v) is 2.53. The molecule has 24 heavy (non-hydrogen) atoms. The van der Waals surface area contributed by atoms with E-state index in [4.69, 9.17) is 10.5 Å². The Morgan fingerprint density at radius 2 is 2.04 bits per heavy atom. The number of nitrogens with two attached hydrogens (primary N) is 1. The molecule has 2 atom stereocenters. The summed E-state index contributed by atoms with van der Waals surface area (Å²) in [6.07, 6.45) is 1.66. The monoisotopic (exact) mass is 342 g/mol. The van der Waals surface area contributed by atoms with Crippen molar-refractivity contribution < 1.29 is 27.8 Å². The Morgan fingerprint density at radius 3 is 2.67 bits per heavy atom. The molecule has 3 rings (SSSR count). The third kappa shape index (κ3) is 2.85. The summed E-state index contributed by atoms with van der Waals surface area (Å²) in [5, 5.41) is 17.6. The smallest absolute Gasteiger partial charge is 0.277 e. The highest BCUT2D eigenvalue weighted by atomic mass is 19.2. The number of amides is 1. The molecule has 1 amide bonds. The van der Waals surface area contributed by atoms with Gasteiger partial charge in [0.05, 0.1) is 18.8 Å². The van der Waals surface area contributed by atoms with E-state index in [0.717, 1.165) is 12.1 Å². The molecule has 7 nitrogen and oxygen atoms in total. The zero-order chi connectivity index (χ0) is 17.5. The van der Waals surface area contributed by atoms with Crippen molar-refractivity contribution in [2.75, 3.05) is 6.61 Å². The van der Waals surface area contributed by atoms with Gasteiger partial charge in [-0.3, -0.25) is 4.79 Å². The van der Waals surface area contributed by atoms with Gasteiger partial charge in [0.25, 0.3) is 5.91 Å². The minimum atomic E-state index is -2.11. The molecule has 0 bridgehead atoms. The van der Waals surface area contributed by atoms with Crippen molar-refractivity contribution in [3.05, 3.63) is 35.8 Å². The van der Waals surface area contributed by atoms with Crippen LogP contribution in [0.25, 0.3) is 11.3 Å². The first-order chi connectivity index (χ1) is 11.3. The van der Waals surface area contributed by atoms with Crippen molar-refractivity contribution in [1.29, 1.82) is 0 Å². The number of carbonyl (C=O) groups is 1. The molecule has 1 aliphatic heterocycles. The third-order valence-electron chi connectivity index (χ3n) is 3.85. The van der Waals surface area contributed by atoms with Crippen LogP contribution >= 0.6 is 0 Å². The lowest BCUT2D eigenvalue weighted by Gasteiger charge is -2.33. The zero-order valence-electron chi connectivity index (χ0n) is 12.2. The largest absolute Gasteiger partial charge is 0.365 e. The summed E-state index contributed by atoms with van der Waals surface area (Å²) in [6, 6.07) is 1.15. The summed E-state index contributed by atoms with van der Waals surface area (Å²) in [5.74, 6) is -7.37. The van der Waals surface area contributed by atoms with Gasteiger partial charge in [0, 0.05) is 12.0 Å². The topological polar surface area (TPSA) is 103 Å². The molecule has 1 saturated heterocycles. The van der Waals surface area contributed by atoms with Crippen LogP contribution in [-0.4, -0.2) is 38.4 Å². The summed E-state index contributed by atoms with van der Waals surface area (Å²) < 4.78 is 46.0. The van der Waals surface area contributed by atoms with Gasteiger partial charge in [0.1, 0.15) is 5.69 Å². The van der Waals surface area contributed by atoms with Crippen LogP contribution in [0.2, 0.25) is 0 Å². The van der Waals surface area contributed by atoms with Gasteiger partial charge in [0.2, 0.25) is 5.79 Å². The lowest BCUT2D eigenvalue weighted by Crippen LogP contribution is -2.50. The molecule has 1 fully saturated rings. The quantitative estimate of drug-likeness (QED) is 0.806. The Balaban J connectivity index is 1.87. The Morgan fingerprint density at radius 1 is 1.38 bits per heavy atom. The van der Waals surface area contributed by atoms with Crippen LogP contribution < -0.4 is 5.73 Å². The van der Waals surface area contributed by atoms with E-state index in [1.807, 2.05) is 0 Å². The summed E-state index contributed by atoms with van der Waals surface area (Å²) in [5.41, 5.74) is 5.23.